The standard InChI is InChI=1S/C73H54N2/c1-71(2)64-28-16-12-26-58(64)60-45-53(38-40-65(60)71)74(54-37-39-59-55-23-11-15-27-63(55)72(3,4)68(59)46-54)52-35-31-47(32-36-52)48-33-41-69-61(43-48)62-44-50(34-42-70(62)75(69)51-21-9-6-10-22-51)73(49-19-7-5-8-20-49)66-29-17-13-24-56(66)57-25-14-18-30-67(57)73/h5-46H,1-4H3. The lowest BCUT2D eigenvalue weighted by Crippen LogP contribution is -2.28. The molecule has 11 aromatic carbocycles. The van der Waals surface area contributed by atoms with Crippen molar-refractivity contribution >= 4 is 38.9 Å². The molecule has 0 saturated carbocycles. The Bertz CT molecular complexity index is 4240. The summed E-state index contributed by atoms with van der Waals surface area (Å²) < 4.78 is 2.44. The molecule has 356 valence electrons. The van der Waals surface area contributed by atoms with Crippen molar-refractivity contribution in [3.8, 4) is 50.2 Å². The second-order valence-electron chi connectivity index (χ2n) is 22.0. The van der Waals surface area contributed by atoms with Crippen molar-refractivity contribution in [1.82, 2.24) is 4.57 Å². The van der Waals surface area contributed by atoms with Crippen molar-refractivity contribution in [3.63, 3.8) is 0 Å². The van der Waals surface area contributed by atoms with Gasteiger partial charge in [-0.2, -0.15) is 0 Å². The quantitative estimate of drug-likeness (QED) is 0.155. The minimum atomic E-state index is -0.500. The smallest absolute Gasteiger partial charge is 0.0713 e. The molecule has 12 aromatic rings. The lowest BCUT2D eigenvalue weighted by molar-refractivity contribution is 0.660. The number of rotatable bonds is 7. The third kappa shape index (κ3) is 6.14. The fraction of sp³-hybridized carbons (Fsp3) is 0.0959. The highest BCUT2D eigenvalue weighted by molar-refractivity contribution is 6.11. The molecule has 0 N–H and O–H groups in total. The Morgan fingerprint density at radius 3 is 1.40 bits per heavy atom. The lowest BCUT2D eigenvalue weighted by Gasteiger charge is -2.34. The topological polar surface area (TPSA) is 8.17 Å². The van der Waals surface area contributed by atoms with E-state index in [1.807, 2.05) is 0 Å². The molecule has 15 rings (SSSR count). The number of fused-ring (bicyclic) bond motifs is 12. The van der Waals surface area contributed by atoms with E-state index >= 15 is 0 Å². The van der Waals surface area contributed by atoms with Crippen LogP contribution in [0.1, 0.15) is 72.2 Å². The van der Waals surface area contributed by atoms with E-state index in [9.17, 15) is 0 Å². The Kier molecular flexibility index (Phi) is 9.30. The van der Waals surface area contributed by atoms with Gasteiger partial charge in [0, 0.05) is 44.4 Å². The van der Waals surface area contributed by atoms with Crippen LogP contribution in [0, 0.1) is 0 Å². The summed E-state index contributed by atoms with van der Waals surface area (Å²) in [6.07, 6.45) is 0. The normalized spacial score (nSPS) is 14.7. The van der Waals surface area contributed by atoms with Gasteiger partial charge in [-0.05, 0) is 162 Å². The van der Waals surface area contributed by atoms with E-state index in [1.165, 1.54) is 111 Å². The van der Waals surface area contributed by atoms with Gasteiger partial charge in [-0.1, -0.05) is 210 Å². The van der Waals surface area contributed by atoms with Crippen molar-refractivity contribution in [2.75, 3.05) is 4.90 Å². The van der Waals surface area contributed by atoms with Crippen LogP contribution in [-0.4, -0.2) is 4.57 Å². The number of anilines is 3. The molecule has 0 saturated heterocycles. The number of benzene rings is 11. The van der Waals surface area contributed by atoms with Crippen molar-refractivity contribution in [2.45, 2.75) is 43.9 Å². The van der Waals surface area contributed by atoms with Gasteiger partial charge in [0.25, 0.3) is 0 Å². The van der Waals surface area contributed by atoms with Crippen molar-refractivity contribution in [1.29, 1.82) is 0 Å². The fourth-order valence-electron chi connectivity index (χ4n) is 13.9. The Hall–Kier alpha value is -8.98. The Morgan fingerprint density at radius 2 is 0.747 bits per heavy atom. The molecular formula is C73H54N2. The van der Waals surface area contributed by atoms with E-state index in [4.69, 9.17) is 0 Å². The molecule has 0 fully saturated rings. The van der Waals surface area contributed by atoms with Crippen LogP contribution in [0.5, 0.6) is 0 Å². The number of nitrogens with zero attached hydrogens (tertiary/aromatic N) is 2. The van der Waals surface area contributed by atoms with Crippen molar-refractivity contribution in [2.24, 2.45) is 0 Å². The molecule has 3 aliphatic rings. The molecule has 0 amide bonds. The summed E-state index contributed by atoms with van der Waals surface area (Å²) in [4.78, 5) is 2.47. The van der Waals surface area contributed by atoms with Gasteiger partial charge in [0.1, 0.15) is 0 Å². The van der Waals surface area contributed by atoms with E-state index in [-0.39, 0.29) is 10.8 Å². The zero-order chi connectivity index (χ0) is 50.2. The third-order valence-corrected chi connectivity index (χ3v) is 17.5. The van der Waals surface area contributed by atoms with E-state index in [1.54, 1.807) is 0 Å². The summed E-state index contributed by atoms with van der Waals surface area (Å²) >= 11 is 0. The highest BCUT2D eigenvalue weighted by Gasteiger charge is 2.46. The number of aromatic nitrogens is 1. The first-order chi connectivity index (χ1) is 36.7. The van der Waals surface area contributed by atoms with Crippen LogP contribution >= 0.6 is 0 Å². The summed E-state index contributed by atoms with van der Waals surface area (Å²) in [5.74, 6) is 0. The minimum Gasteiger partial charge on any atom is -0.310 e. The first kappa shape index (κ1) is 43.6. The molecule has 2 nitrogen and oxygen atoms in total. The molecule has 0 atom stereocenters. The molecule has 0 bridgehead atoms. The maximum Gasteiger partial charge on any atom is 0.0713 e. The molecule has 1 aromatic heterocycles. The van der Waals surface area contributed by atoms with Crippen LogP contribution in [0.3, 0.4) is 0 Å². The van der Waals surface area contributed by atoms with Crippen LogP contribution in [0.2, 0.25) is 0 Å². The Morgan fingerprint density at radius 1 is 0.293 bits per heavy atom. The summed E-state index contributed by atoms with van der Waals surface area (Å²) in [6, 6.07) is 95.8. The van der Waals surface area contributed by atoms with Gasteiger partial charge in [-0.3, -0.25) is 0 Å². The van der Waals surface area contributed by atoms with E-state index in [2.05, 4.69) is 292 Å². The maximum atomic E-state index is 2.50. The predicted octanol–water partition coefficient (Wildman–Crippen LogP) is 18.9. The molecule has 3 aliphatic carbocycles. The number of hydrogen-bond donors (Lipinski definition) is 0. The Labute approximate surface area is 439 Å². The van der Waals surface area contributed by atoms with Gasteiger partial charge in [0.15, 0.2) is 0 Å². The van der Waals surface area contributed by atoms with Gasteiger partial charge < -0.3 is 9.47 Å². The number of para-hydroxylation sites is 1. The fourth-order valence-corrected chi connectivity index (χ4v) is 13.9. The minimum absolute atomic E-state index is 0.0763. The second kappa shape index (κ2) is 16.0. The lowest BCUT2D eigenvalue weighted by atomic mass is 9.67. The average Bonchev–Trinajstić information content (AvgIpc) is 4.18. The van der Waals surface area contributed by atoms with Crippen LogP contribution in [-0.2, 0) is 16.2 Å². The molecule has 0 spiro atoms. The average molecular weight is 959 g/mol. The van der Waals surface area contributed by atoms with Crippen LogP contribution in [0.4, 0.5) is 17.1 Å². The van der Waals surface area contributed by atoms with Crippen LogP contribution < -0.4 is 4.90 Å². The van der Waals surface area contributed by atoms with E-state index < -0.39 is 5.41 Å². The first-order valence-electron chi connectivity index (χ1n) is 26.5. The molecule has 0 aliphatic heterocycles. The van der Waals surface area contributed by atoms with E-state index in [0.29, 0.717) is 0 Å². The van der Waals surface area contributed by atoms with Crippen molar-refractivity contribution in [3.05, 3.63) is 299 Å². The third-order valence-electron chi connectivity index (χ3n) is 17.5. The highest BCUT2D eigenvalue weighted by Crippen LogP contribution is 2.57. The van der Waals surface area contributed by atoms with Gasteiger partial charge in [0.2, 0.25) is 0 Å². The molecule has 0 radical (unpaired) electrons. The summed E-state index contributed by atoms with van der Waals surface area (Å²) in [6.45, 7) is 9.47. The molecule has 1 heterocycles. The second-order valence-corrected chi connectivity index (χ2v) is 22.0. The highest BCUT2D eigenvalue weighted by atomic mass is 15.1. The van der Waals surface area contributed by atoms with E-state index in [0.717, 1.165) is 22.7 Å². The SMILES string of the molecule is CC1(C)c2ccccc2-c2cc(N(c3ccc(-c4ccc5c(c4)c4cc(C6(c7ccccc7)c7ccccc7-c7ccccc76)ccc4n5-c4ccccc4)cc3)c3ccc4c(c3)C(C)(C)c3ccccc3-4)ccc21. The zero-order valence-corrected chi connectivity index (χ0v) is 42.6. The number of hydrogen-bond acceptors (Lipinski definition) is 1. The summed E-state index contributed by atoms with van der Waals surface area (Å²) in [5.41, 5.74) is 27.1. The summed E-state index contributed by atoms with van der Waals surface area (Å²) in [7, 11) is 0. The van der Waals surface area contributed by atoms with Crippen LogP contribution in [0.25, 0.3) is 72.0 Å². The van der Waals surface area contributed by atoms with Crippen molar-refractivity contribution < 1.29 is 0 Å². The molecular weight excluding hydrogens is 905 g/mol. The van der Waals surface area contributed by atoms with Gasteiger partial charge in [0.05, 0.1) is 16.4 Å². The van der Waals surface area contributed by atoms with Gasteiger partial charge in [-0.25, -0.2) is 0 Å². The van der Waals surface area contributed by atoms with Gasteiger partial charge >= 0.3 is 0 Å². The first-order valence-corrected chi connectivity index (χ1v) is 26.5. The molecule has 75 heavy (non-hydrogen) atoms. The maximum absolute atomic E-state index is 2.50. The Balaban J connectivity index is 0.896. The monoisotopic (exact) mass is 958 g/mol. The predicted molar refractivity (Wildman–Crippen MR) is 313 cm³/mol. The largest absolute Gasteiger partial charge is 0.310 e. The molecule has 2 heteroatoms. The van der Waals surface area contributed by atoms with Gasteiger partial charge in [-0.15, -0.1) is 0 Å². The summed E-state index contributed by atoms with van der Waals surface area (Å²) in [5, 5.41) is 2.46. The molecule has 0 unspecified atom stereocenters. The zero-order valence-electron chi connectivity index (χ0n) is 42.6. The van der Waals surface area contributed by atoms with Crippen LogP contribution in [0.15, 0.2) is 255 Å².